The number of hydrogen-bond donors (Lipinski definition) is 1. The maximum absolute atomic E-state index is 9.76. The van der Waals surface area contributed by atoms with Gasteiger partial charge in [0.25, 0.3) is 0 Å². The smallest absolute Gasteiger partial charge is 0.162 e. The minimum Gasteiger partial charge on any atom is -0.372 e. The van der Waals surface area contributed by atoms with Gasteiger partial charge in [-0.25, -0.2) is 4.99 Å². The second-order valence-corrected chi connectivity index (χ2v) is 5.16. The van der Waals surface area contributed by atoms with Crippen LogP contribution in [-0.2, 0) is 0 Å². The maximum Gasteiger partial charge on any atom is 0.162 e. The Morgan fingerprint density at radius 1 is 1.31 bits per heavy atom. The van der Waals surface area contributed by atoms with Gasteiger partial charge in [-0.05, 0) is 5.56 Å². The van der Waals surface area contributed by atoms with Crippen molar-refractivity contribution >= 4 is 16.9 Å². The Morgan fingerprint density at radius 3 is 2.94 bits per heavy atom. The van der Waals surface area contributed by atoms with Crippen molar-refractivity contribution in [3.05, 3.63) is 35.9 Å². The Hall–Kier alpha value is -1.00. The van der Waals surface area contributed by atoms with E-state index in [0.29, 0.717) is 12.5 Å². The van der Waals surface area contributed by atoms with Gasteiger partial charge in [-0.3, -0.25) is 0 Å². The maximum atomic E-state index is 9.76. The highest BCUT2D eigenvalue weighted by molar-refractivity contribution is 8.14. The van der Waals surface area contributed by atoms with Crippen molar-refractivity contribution in [2.24, 2.45) is 4.99 Å². The summed E-state index contributed by atoms with van der Waals surface area (Å²) in [6, 6.07) is 10.7. The molecule has 3 rings (SSSR count). The van der Waals surface area contributed by atoms with Crippen molar-refractivity contribution in [1.82, 2.24) is 4.90 Å². The number of rotatable bonds is 1. The third kappa shape index (κ3) is 1.72. The zero-order chi connectivity index (χ0) is 11.0. The lowest BCUT2D eigenvalue weighted by Gasteiger charge is -2.34. The van der Waals surface area contributed by atoms with Gasteiger partial charge in [0, 0.05) is 18.7 Å². The highest BCUT2D eigenvalue weighted by Crippen LogP contribution is 2.36. The summed E-state index contributed by atoms with van der Waals surface area (Å²) < 4.78 is 0. The number of thioether (sulfide) groups is 1. The summed E-state index contributed by atoms with van der Waals surface area (Å²) in [4.78, 5) is 6.59. The van der Waals surface area contributed by atoms with Gasteiger partial charge in [-0.2, -0.15) is 0 Å². The van der Waals surface area contributed by atoms with Gasteiger partial charge >= 0.3 is 0 Å². The number of fused-ring (bicyclic) bond motifs is 1. The first-order chi connectivity index (χ1) is 7.84. The van der Waals surface area contributed by atoms with Gasteiger partial charge in [0.05, 0.1) is 6.04 Å². The molecule has 0 aromatic heterocycles. The predicted octanol–water partition coefficient (Wildman–Crippen LogP) is 1.85. The van der Waals surface area contributed by atoms with Crippen LogP contribution in [0.4, 0.5) is 0 Å². The molecule has 4 heteroatoms. The Kier molecular flexibility index (Phi) is 2.61. The fourth-order valence-electron chi connectivity index (χ4n) is 2.31. The van der Waals surface area contributed by atoms with Gasteiger partial charge < -0.3 is 10.0 Å². The van der Waals surface area contributed by atoms with E-state index in [1.54, 1.807) is 11.8 Å². The Balaban J connectivity index is 1.94. The van der Waals surface area contributed by atoms with Gasteiger partial charge in [0.15, 0.2) is 5.17 Å². The first-order valence-corrected chi connectivity index (χ1v) is 6.53. The molecule has 2 aliphatic heterocycles. The molecule has 2 heterocycles. The van der Waals surface area contributed by atoms with E-state index in [9.17, 15) is 5.11 Å². The topological polar surface area (TPSA) is 35.8 Å². The van der Waals surface area contributed by atoms with E-state index >= 15 is 0 Å². The number of aliphatic hydroxyl groups is 1. The minimum atomic E-state index is -0.540. The van der Waals surface area contributed by atoms with E-state index in [1.807, 2.05) is 6.07 Å². The minimum absolute atomic E-state index is 0.290. The van der Waals surface area contributed by atoms with E-state index in [4.69, 9.17) is 0 Å². The normalized spacial score (nSPS) is 28.8. The van der Waals surface area contributed by atoms with E-state index in [2.05, 4.69) is 34.2 Å². The molecule has 0 aliphatic carbocycles. The lowest BCUT2D eigenvalue weighted by atomic mass is 10.0. The van der Waals surface area contributed by atoms with Crippen LogP contribution in [0.3, 0.4) is 0 Å². The molecule has 2 atom stereocenters. The van der Waals surface area contributed by atoms with Crippen molar-refractivity contribution < 1.29 is 5.11 Å². The van der Waals surface area contributed by atoms with Crippen LogP contribution in [0.2, 0.25) is 0 Å². The highest BCUT2D eigenvalue weighted by Gasteiger charge is 2.33. The second kappa shape index (κ2) is 4.11. The average Bonchev–Trinajstić information content (AvgIpc) is 2.77. The molecule has 0 radical (unpaired) electrons. The molecule has 1 fully saturated rings. The lowest BCUT2D eigenvalue weighted by Crippen LogP contribution is -2.36. The van der Waals surface area contributed by atoms with Crippen LogP contribution in [-0.4, -0.2) is 33.7 Å². The summed E-state index contributed by atoms with van der Waals surface area (Å²) in [5, 5.41) is 10.8. The molecule has 16 heavy (non-hydrogen) atoms. The largest absolute Gasteiger partial charge is 0.372 e. The van der Waals surface area contributed by atoms with Crippen LogP contribution >= 0.6 is 11.8 Å². The summed E-state index contributed by atoms with van der Waals surface area (Å²) in [6.07, 6.45) is 0.163. The van der Waals surface area contributed by atoms with Gasteiger partial charge in [0.2, 0.25) is 0 Å². The molecule has 0 amide bonds. The third-order valence-corrected chi connectivity index (χ3v) is 4.05. The summed E-state index contributed by atoms with van der Waals surface area (Å²) >= 11 is 1.74. The monoisotopic (exact) mass is 234 g/mol. The molecular formula is C12H14N2OS. The van der Waals surface area contributed by atoms with Crippen LogP contribution in [0.5, 0.6) is 0 Å². The highest BCUT2D eigenvalue weighted by atomic mass is 32.2. The average molecular weight is 234 g/mol. The van der Waals surface area contributed by atoms with Crippen molar-refractivity contribution in [2.45, 2.75) is 18.7 Å². The SMILES string of the molecule is O[C@@H]1C[C@@H](c2ccccc2)N2CCSC2=N1. The summed E-state index contributed by atoms with van der Waals surface area (Å²) in [5.74, 6) is 1.08. The second-order valence-electron chi connectivity index (χ2n) is 4.10. The quantitative estimate of drug-likeness (QED) is 0.805. The van der Waals surface area contributed by atoms with Crippen LogP contribution in [0.1, 0.15) is 18.0 Å². The molecule has 84 valence electrons. The van der Waals surface area contributed by atoms with E-state index in [0.717, 1.165) is 17.5 Å². The fourth-order valence-corrected chi connectivity index (χ4v) is 3.36. The number of amidine groups is 1. The zero-order valence-electron chi connectivity index (χ0n) is 8.91. The molecule has 1 aromatic rings. The molecule has 0 bridgehead atoms. The molecule has 0 spiro atoms. The summed E-state index contributed by atoms with van der Waals surface area (Å²) in [7, 11) is 0. The number of aliphatic hydroxyl groups excluding tert-OH is 1. The molecular weight excluding hydrogens is 220 g/mol. The number of aliphatic imine (C=N–C) groups is 1. The van der Waals surface area contributed by atoms with Crippen LogP contribution < -0.4 is 0 Å². The zero-order valence-corrected chi connectivity index (χ0v) is 9.73. The first-order valence-electron chi connectivity index (χ1n) is 5.55. The van der Waals surface area contributed by atoms with Crippen molar-refractivity contribution in [2.75, 3.05) is 12.3 Å². The summed E-state index contributed by atoms with van der Waals surface area (Å²) in [6.45, 7) is 1.04. The number of nitrogens with zero attached hydrogens (tertiary/aromatic N) is 2. The van der Waals surface area contributed by atoms with E-state index in [-0.39, 0.29) is 0 Å². The van der Waals surface area contributed by atoms with Gasteiger partial charge in [0.1, 0.15) is 6.23 Å². The third-order valence-electron chi connectivity index (χ3n) is 3.06. The van der Waals surface area contributed by atoms with Crippen molar-refractivity contribution in [1.29, 1.82) is 0 Å². The Labute approximate surface area is 99.2 Å². The van der Waals surface area contributed by atoms with E-state index in [1.165, 1.54) is 5.56 Å². The molecule has 1 N–H and O–H groups in total. The van der Waals surface area contributed by atoms with Gasteiger partial charge in [-0.1, -0.05) is 42.1 Å². The lowest BCUT2D eigenvalue weighted by molar-refractivity contribution is 0.123. The van der Waals surface area contributed by atoms with Gasteiger partial charge in [-0.15, -0.1) is 0 Å². The van der Waals surface area contributed by atoms with Crippen molar-refractivity contribution in [3.8, 4) is 0 Å². The molecule has 1 aromatic carbocycles. The van der Waals surface area contributed by atoms with Crippen LogP contribution in [0.25, 0.3) is 0 Å². The molecule has 1 saturated heterocycles. The Bertz CT molecular complexity index is 407. The molecule has 3 nitrogen and oxygen atoms in total. The molecule has 0 saturated carbocycles. The first kappa shape index (κ1) is 10.2. The summed E-state index contributed by atoms with van der Waals surface area (Å²) in [5.41, 5.74) is 1.27. The number of hydrogen-bond acceptors (Lipinski definition) is 4. The molecule has 2 aliphatic rings. The predicted molar refractivity (Wildman–Crippen MR) is 66.4 cm³/mol. The standard InChI is InChI=1S/C12H14N2OS/c15-11-8-10(9-4-2-1-3-5-9)14-6-7-16-12(14)13-11/h1-5,10-11,15H,6-8H2/t10-,11+/m0/s1. The van der Waals surface area contributed by atoms with Crippen molar-refractivity contribution in [3.63, 3.8) is 0 Å². The Morgan fingerprint density at radius 2 is 2.12 bits per heavy atom. The van der Waals surface area contributed by atoms with E-state index < -0.39 is 6.23 Å². The number of benzene rings is 1. The fraction of sp³-hybridized carbons (Fsp3) is 0.417. The van der Waals surface area contributed by atoms with Crippen LogP contribution in [0, 0.1) is 0 Å². The van der Waals surface area contributed by atoms with Crippen LogP contribution in [0.15, 0.2) is 35.3 Å². The molecule has 0 unspecified atom stereocenters.